The third kappa shape index (κ3) is 2.77. The van der Waals surface area contributed by atoms with Gasteiger partial charge in [-0.15, -0.1) is 0 Å². The largest absolute Gasteiger partial charge is 0.0730 e. The van der Waals surface area contributed by atoms with Gasteiger partial charge < -0.3 is 0 Å². The van der Waals surface area contributed by atoms with Gasteiger partial charge in [0, 0.05) is 0 Å². The molecular weight excluding hydrogens is 336 g/mol. The second-order valence-corrected chi connectivity index (χ2v) is 7.91. The molecule has 0 aliphatic heterocycles. The Balaban J connectivity index is 1.93. The van der Waals surface area contributed by atoms with E-state index >= 15 is 0 Å². The minimum Gasteiger partial charge on any atom is -0.0730 e. The maximum atomic E-state index is 2.33. The van der Waals surface area contributed by atoms with Crippen LogP contribution in [0.2, 0.25) is 0 Å². The van der Waals surface area contributed by atoms with E-state index in [9.17, 15) is 0 Å². The van der Waals surface area contributed by atoms with Crippen LogP contribution in [-0.2, 0) is 0 Å². The Hall–Kier alpha value is -3.12. The van der Waals surface area contributed by atoms with Crippen LogP contribution >= 0.6 is 0 Å². The van der Waals surface area contributed by atoms with Crippen LogP contribution in [0.3, 0.4) is 0 Å². The zero-order chi connectivity index (χ0) is 19.1. The van der Waals surface area contributed by atoms with E-state index in [1.807, 2.05) is 0 Å². The summed E-state index contributed by atoms with van der Waals surface area (Å²) in [4.78, 5) is 0. The van der Waals surface area contributed by atoms with Crippen LogP contribution in [0, 0.1) is 6.92 Å². The topological polar surface area (TPSA) is 0 Å². The Morgan fingerprint density at radius 3 is 1.57 bits per heavy atom. The summed E-state index contributed by atoms with van der Waals surface area (Å²) in [5, 5.41) is 5.39. The molecule has 1 aliphatic rings. The Kier molecular flexibility index (Phi) is 4.13. The van der Waals surface area contributed by atoms with Gasteiger partial charge in [0.05, 0.1) is 0 Å². The molecule has 0 fully saturated rings. The second-order valence-electron chi connectivity index (χ2n) is 7.91. The number of fused-ring (bicyclic) bond motifs is 2. The number of hydrogen-bond donors (Lipinski definition) is 0. The Labute approximate surface area is 166 Å². The van der Waals surface area contributed by atoms with E-state index in [-0.39, 0.29) is 0 Å². The minimum absolute atomic E-state index is 1.11. The maximum absolute atomic E-state index is 2.33. The standard InChI is InChI=1S/C28H24/c1-19-11-15-21(16-12-19)27-23-7-3-5-9-25(23)28(22-17-13-20(2)14-18-22)26-10-6-4-8-24(26)27/h3-13,15-17H,14,18H2,1-2H3. The molecule has 0 nitrogen and oxygen atoms in total. The zero-order valence-corrected chi connectivity index (χ0v) is 16.5. The van der Waals surface area contributed by atoms with E-state index in [2.05, 4.69) is 98.8 Å². The van der Waals surface area contributed by atoms with Gasteiger partial charge in [-0.3, -0.25) is 0 Å². The maximum Gasteiger partial charge on any atom is -0.00264 e. The Morgan fingerprint density at radius 2 is 1.07 bits per heavy atom. The highest BCUT2D eigenvalue weighted by atomic mass is 14.2. The molecule has 0 heterocycles. The number of aryl methyl sites for hydroxylation is 1. The van der Waals surface area contributed by atoms with Crippen molar-refractivity contribution < 1.29 is 0 Å². The predicted molar refractivity (Wildman–Crippen MR) is 123 cm³/mol. The Morgan fingerprint density at radius 1 is 0.536 bits per heavy atom. The third-order valence-electron chi connectivity index (χ3n) is 5.95. The lowest BCUT2D eigenvalue weighted by Gasteiger charge is -2.20. The van der Waals surface area contributed by atoms with Gasteiger partial charge in [-0.2, -0.15) is 0 Å². The van der Waals surface area contributed by atoms with E-state index in [0.29, 0.717) is 0 Å². The van der Waals surface area contributed by atoms with E-state index < -0.39 is 0 Å². The summed E-state index contributed by atoms with van der Waals surface area (Å²) < 4.78 is 0. The summed E-state index contributed by atoms with van der Waals surface area (Å²) in [7, 11) is 0. The predicted octanol–water partition coefficient (Wildman–Crippen LogP) is 8.09. The summed E-state index contributed by atoms with van der Waals surface area (Å²) in [5.41, 5.74) is 8.26. The van der Waals surface area contributed by atoms with Gasteiger partial charge in [0.25, 0.3) is 0 Å². The normalized spacial score (nSPS) is 14.2. The molecule has 28 heavy (non-hydrogen) atoms. The summed E-state index contributed by atoms with van der Waals surface area (Å²) in [6.45, 7) is 4.37. The second kappa shape index (κ2) is 6.80. The van der Waals surface area contributed by atoms with Gasteiger partial charge in [-0.05, 0) is 70.5 Å². The van der Waals surface area contributed by atoms with Crippen LogP contribution in [0.1, 0.15) is 30.9 Å². The van der Waals surface area contributed by atoms with Crippen LogP contribution in [0.5, 0.6) is 0 Å². The zero-order valence-electron chi connectivity index (χ0n) is 16.5. The fourth-order valence-corrected chi connectivity index (χ4v) is 4.46. The molecule has 0 aromatic heterocycles. The average Bonchev–Trinajstić information content (AvgIpc) is 2.74. The molecule has 0 saturated heterocycles. The van der Waals surface area contributed by atoms with Crippen molar-refractivity contribution in [1.82, 2.24) is 0 Å². The van der Waals surface area contributed by atoms with E-state index in [1.54, 1.807) is 0 Å². The van der Waals surface area contributed by atoms with Crippen LogP contribution in [-0.4, -0.2) is 0 Å². The monoisotopic (exact) mass is 360 g/mol. The van der Waals surface area contributed by atoms with Gasteiger partial charge in [0.15, 0.2) is 0 Å². The molecular formula is C28H24. The molecule has 0 saturated carbocycles. The molecule has 1 aliphatic carbocycles. The van der Waals surface area contributed by atoms with E-state index in [4.69, 9.17) is 0 Å². The summed E-state index contributed by atoms with van der Waals surface area (Å²) in [6.07, 6.45) is 6.88. The van der Waals surface area contributed by atoms with Crippen molar-refractivity contribution in [3.05, 3.63) is 102 Å². The number of hydrogen-bond acceptors (Lipinski definition) is 0. The molecule has 0 N–H and O–H groups in total. The number of benzene rings is 4. The lowest BCUT2D eigenvalue weighted by atomic mass is 9.83. The molecule has 0 spiro atoms. The van der Waals surface area contributed by atoms with Crippen LogP contribution in [0.25, 0.3) is 38.2 Å². The fraction of sp³-hybridized carbons (Fsp3) is 0.143. The van der Waals surface area contributed by atoms with Crippen molar-refractivity contribution in [2.75, 3.05) is 0 Å². The van der Waals surface area contributed by atoms with Crippen molar-refractivity contribution >= 4 is 27.1 Å². The third-order valence-corrected chi connectivity index (χ3v) is 5.95. The molecule has 4 aromatic carbocycles. The van der Waals surface area contributed by atoms with Crippen molar-refractivity contribution in [3.8, 4) is 11.1 Å². The van der Waals surface area contributed by atoms with Crippen molar-refractivity contribution in [2.24, 2.45) is 0 Å². The van der Waals surface area contributed by atoms with Crippen LogP contribution in [0.4, 0.5) is 0 Å². The lowest BCUT2D eigenvalue weighted by molar-refractivity contribution is 0.979. The first-order valence-corrected chi connectivity index (χ1v) is 10.1. The molecule has 4 aromatic rings. The SMILES string of the molecule is CC1=CC=C(c2c3ccccc3c(-c3ccc(C)cc3)c3ccccc23)CC1. The minimum atomic E-state index is 1.11. The summed E-state index contributed by atoms with van der Waals surface area (Å²) >= 11 is 0. The highest BCUT2D eigenvalue weighted by Crippen LogP contribution is 2.43. The molecule has 136 valence electrons. The van der Waals surface area contributed by atoms with E-state index in [1.165, 1.54) is 54.9 Å². The molecule has 0 heteroatoms. The van der Waals surface area contributed by atoms with Gasteiger partial charge in [0.1, 0.15) is 0 Å². The summed E-state index contributed by atoms with van der Waals surface area (Å²) in [6, 6.07) is 26.8. The van der Waals surface area contributed by atoms with Crippen molar-refractivity contribution in [1.29, 1.82) is 0 Å². The summed E-state index contributed by atoms with van der Waals surface area (Å²) in [5.74, 6) is 0. The molecule has 0 bridgehead atoms. The molecule has 0 radical (unpaired) electrons. The first-order valence-electron chi connectivity index (χ1n) is 10.1. The van der Waals surface area contributed by atoms with Crippen molar-refractivity contribution in [2.45, 2.75) is 26.7 Å². The van der Waals surface area contributed by atoms with Gasteiger partial charge in [0.2, 0.25) is 0 Å². The first kappa shape index (κ1) is 17.0. The molecule has 0 atom stereocenters. The van der Waals surface area contributed by atoms with Gasteiger partial charge >= 0.3 is 0 Å². The average molecular weight is 361 g/mol. The smallest absolute Gasteiger partial charge is 0.00264 e. The molecule has 0 unspecified atom stereocenters. The molecule has 5 rings (SSSR count). The van der Waals surface area contributed by atoms with Crippen LogP contribution < -0.4 is 0 Å². The molecule has 0 amide bonds. The highest BCUT2D eigenvalue weighted by molar-refractivity contribution is 6.18. The first-order chi connectivity index (χ1) is 13.7. The lowest BCUT2D eigenvalue weighted by Crippen LogP contribution is -1.96. The van der Waals surface area contributed by atoms with Crippen LogP contribution in [0.15, 0.2) is 90.5 Å². The fourth-order valence-electron chi connectivity index (χ4n) is 4.46. The van der Waals surface area contributed by atoms with E-state index in [0.717, 1.165) is 12.8 Å². The quantitative estimate of drug-likeness (QED) is 0.317. The van der Waals surface area contributed by atoms with Crippen molar-refractivity contribution in [3.63, 3.8) is 0 Å². The number of allylic oxidation sites excluding steroid dienone is 4. The highest BCUT2D eigenvalue weighted by Gasteiger charge is 2.18. The Bertz CT molecular complexity index is 1190. The van der Waals surface area contributed by atoms with Gasteiger partial charge in [-0.1, -0.05) is 96.1 Å². The number of rotatable bonds is 2. The van der Waals surface area contributed by atoms with Gasteiger partial charge in [-0.25, -0.2) is 0 Å².